The molecule has 2 heterocycles. The van der Waals surface area contributed by atoms with Crippen LogP contribution in [0.25, 0.3) is 0 Å². The van der Waals surface area contributed by atoms with Crippen molar-refractivity contribution < 1.29 is 4.79 Å². The molecular formula is C16H25ClN2OS. The Morgan fingerprint density at radius 1 is 1.38 bits per heavy atom. The third-order valence-electron chi connectivity index (χ3n) is 4.54. The van der Waals surface area contributed by atoms with Crippen LogP contribution in [0.3, 0.4) is 0 Å². The lowest BCUT2D eigenvalue weighted by Crippen LogP contribution is -2.46. The number of carbonyl (C=O) groups excluding carboxylic acids is 1. The predicted molar refractivity (Wildman–Crippen MR) is 90.3 cm³/mol. The number of hydrogen-bond acceptors (Lipinski definition) is 3. The van der Waals surface area contributed by atoms with Gasteiger partial charge in [-0.25, -0.2) is 0 Å². The number of carbonyl (C=O) groups is 1. The van der Waals surface area contributed by atoms with E-state index in [1.807, 2.05) is 18.4 Å². The van der Waals surface area contributed by atoms with Crippen LogP contribution in [-0.2, 0) is 4.79 Å². The zero-order chi connectivity index (χ0) is 13.9. The van der Waals surface area contributed by atoms with Crippen molar-refractivity contribution in [2.45, 2.75) is 44.6 Å². The molecule has 0 spiro atoms. The van der Waals surface area contributed by atoms with Gasteiger partial charge in [-0.05, 0) is 56.5 Å². The van der Waals surface area contributed by atoms with Crippen molar-refractivity contribution in [1.82, 2.24) is 10.2 Å². The number of likely N-dealkylation sites (tertiary alicyclic amines) is 1. The van der Waals surface area contributed by atoms with Gasteiger partial charge in [-0.2, -0.15) is 0 Å². The Bertz CT molecular complexity index is 439. The number of nitrogens with zero attached hydrogens (tertiary/aromatic N) is 1. The first-order valence-electron chi connectivity index (χ1n) is 7.79. The maximum absolute atomic E-state index is 12.5. The van der Waals surface area contributed by atoms with Gasteiger partial charge < -0.3 is 10.2 Å². The highest BCUT2D eigenvalue weighted by atomic mass is 35.5. The largest absolute Gasteiger partial charge is 0.342 e. The molecule has 1 aromatic heterocycles. The highest BCUT2D eigenvalue weighted by Gasteiger charge is 2.28. The van der Waals surface area contributed by atoms with E-state index in [4.69, 9.17) is 0 Å². The summed E-state index contributed by atoms with van der Waals surface area (Å²) in [5.41, 5.74) is 0. The molecule has 1 saturated carbocycles. The molecule has 1 saturated heterocycles. The van der Waals surface area contributed by atoms with E-state index >= 15 is 0 Å². The topological polar surface area (TPSA) is 32.3 Å². The average Bonchev–Trinajstić information content (AvgIpc) is 3.16. The first-order chi connectivity index (χ1) is 9.74. The molecule has 1 aliphatic carbocycles. The molecule has 3 nitrogen and oxygen atoms in total. The number of nitrogens with one attached hydrogen (secondary N) is 1. The van der Waals surface area contributed by atoms with Crippen molar-refractivity contribution in [3.05, 3.63) is 22.4 Å². The fraction of sp³-hybridized carbons (Fsp3) is 0.688. The van der Waals surface area contributed by atoms with Crippen LogP contribution in [0.4, 0.5) is 0 Å². The minimum absolute atomic E-state index is 0. The predicted octanol–water partition coefficient (Wildman–Crippen LogP) is 3.26. The molecule has 1 N–H and O–H groups in total. The molecular weight excluding hydrogens is 304 g/mol. The quantitative estimate of drug-likeness (QED) is 0.899. The zero-order valence-corrected chi connectivity index (χ0v) is 14.2. The summed E-state index contributed by atoms with van der Waals surface area (Å²) in [5, 5.41) is 5.71. The smallest absolute Gasteiger partial charge is 0.230 e. The van der Waals surface area contributed by atoms with E-state index in [-0.39, 0.29) is 18.3 Å². The third kappa shape index (κ3) is 4.44. The Hall–Kier alpha value is -0.580. The maximum Gasteiger partial charge on any atom is 0.230 e. The van der Waals surface area contributed by atoms with Crippen LogP contribution >= 0.6 is 23.7 Å². The van der Waals surface area contributed by atoms with E-state index in [2.05, 4.69) is 16.3 Å². The number of piperidine rings is 1. The van der Waals surface area contributed by atoms with Crippen molar-refractivity contribution in [2.75, 3.05) is 19.6 Å². The highest BCUT2D eigenvalue weighted by molar-refractivity contribution is 7.10. The van der Waals surface area contributed by atoms with Crippen molar-refractivity contribution in [1.29, 1.82) is 0 Å². The fourth-order valence-electron chi connectivity index (χ4n) is 2.89. The number of hydrogen-bond donors (Lipinski definition) is 1. The van der Waals surface area contributed by atoms with Gasteiger partial charge in [-0.3, -0.25) is 4.79 Å². The Morgan fingerprint density at radius 2 is 2.10 bits per heavy atom. The molecule has 1 aliphatic heterocycles. The number of amides is 1. The van der Waals surface area contributed by atoms with Gasteiger partial charge in [-0.1, -0.05) is 6.07 Å². The zero-order valence-electron chi connectivity index (χ0n) is 12.6. The molecule has 118 valence electrons. The molecule has 1 amide bonds. The monoisotopic (exact) mass is 328 g/mol. The SMILES string of the molecule is CC(C(=O)N1CCC(NCC2CC2)CC1)c1cccs1.Cl. The minimum atomic E-state index is 0. The summed E-state index contributed by atoms with van der Waals surface area (Å²) in [5.74, 6) is 1.26. The van der Waals surface area contributed by atoms with Crippen molar-refractivity contribution in [3.8, 4) is 0 Å². The first-order valence-corrected chi connectivity index (χ1v) is 8.67. The lowest BCUT2D eigenvalue weighted by atomic mass is 10.0. The van der Waals surface area contributed by atoms with Gasteiger partial charge in [-0.15, -0.1) is 23.7 Å². The highest BCUT2D eigenvalue weighted by Crippen LogP contribution is 2.28. The maximum atomic E-state index is 12.5. The molecule has 0 aromatic carbocycles. The summed E-state index contributed by atoms with van der Waals surface area (Å²) in [6, 6.07) is 4.71. The second kappa shape index (κ2) is 7.61. The van der Waals surface area contributed by atoms with E-state index in [1.165, 1.54) is 24.3 Å². The van der Waals surface area contributed by atoms with E-state index in [0.29, 0.717) is 11.9 Å². The van der Waals surface area contributed by atoms with Crippen LogP contribution in [0.5, 0.6) is 0 Å². The van der Waals surface area contributed by atoms with Crippen molar-refractivity contribution >= 4 is 29.7 Å². The molecule has 0 radical (unpaired) electrons. The molecule has 1 unspecified atom stereocenters. The normalized spacial score (nSPS) is 20.9. The van der Waals surface area contributed by atoms with E-state index in [1.54, 1.807) is 11.3 Å². The second-order valence-electron chi connectivity index (χ2n) is 6.19. The number of thiophene rings is 1. The third-order valence-corrected chi connectivity index (χ3v) is 5.59. The Labute approximate surface area is 137 Å². The molecule has 5 heteroatoms. The van der Waals surface area contributed by atoms with Gasteiger partial charge in [0.25, 0.3) is 0 Å². The van der Waals surface area contributed by atoms with Gasteiger partial charge in [0.15, 0.2) is 0 Å². The van der Waals surface area contributed by atoms with Gasteiger partial charge in [0.05, 0.1) is 5.92 Å². The van der Waals surface area contributed by atoms with Gasteiger partial charge in [0.2, 0.25) is 5.91 Å². The Morgan fingerprint density at radius 3 is 2.67 bits per heavy atom. The molecule has 2 aliphatic rings. The number of rotatable bonds is 5. The summed E-state index contributed by atoms with van der Waals surface area (Å²) in [4.78, 5) is 15.7. The van der Waals surface area contributed by atoms with Crippen molar-refractivity contribution in [3.63, 3.8) is 0 Å². The summed E-state index contributed by atoms with van der Waals surface area (Å²) in [7, 11) is 0. The fourth-order valence-corrected chi connectivity index (χ4v) is 3.67. The average molecular weight is 329 g/mol. The van der Waals surface area contributed by atoms with Crippen LogP contribution < -0.4 is 5.32 Å². The van der Waals surface area contributed by atoms with Crippen LogP contribution in [0, 0.1) is 5.92 Å². The summed E-state index contributed by atoms with van der Waals surface area (Å²) < 4.78 is 0. The molecule has 1 aromatic rings. The van der Waals surface area contributed by atoms with Gasteiger partial charge in [0.1, 0.15) is 0 Å². The Kier molecular flexibility index (Phi) is 6.08. The van der Waals surface area contributed by atoms with Gasteiger partial charge >= 0.3 is 0 Å². The molecule has 3 rings (SSSR count). The summed E-state index contributed by atoms with van der Waals surface area (Å²) in [6.45, 7) is 5.05. The summed E-state index contributed by atoms with van der Waals surface area (Å²) in [6.07, 6.45) is 5.02. The van der Waals surface area contributed by atoms with Crippen LogP contribution in [0.2, 0.25) is 0 Å². The molecule has 2 fully saturated rings. The molecule has 1 atom stereocenters. The minimum Gasteiger partial charge on any atom is -0.342 e. The van der Waals surface area contributed by atoms with Crippen LogP contribution in [0.1, 0.15) is 43.4 Å². The van der Waals surface area contributed by atoms with Gasteiger partial charge in [0, 0.05) is 24.0 Å². The van der Waals surface area contributed by atoms with E-state index in [9.17, 15) is 4.79 Å². The lowest BCUT2D eigenvalue weighted by molar-refractivity contribution is -0.133. The van der Waals surface area contributed by atoms with Crippen LogP contribution in [-0.4, -0.2) is 36.5 Å². The summed E-state index contributed by atoms with van der Waals surface area (Å²) >= 11 is 1.68. The van der Waals surface area contributed by atoms with Crippen LogP contribution in [0.15, 0.2) is 17.5 Å². The van der Waals surface area contributed by atoms with E-state index < -0.39 is 0 Å². The van der Waals surface area contributed by atoms with E-state index in [0.717, 1.165) is 31.8 Å². The van der Waals surface area contributed by atoms with Crippen molar-refractivity contribution in [2.24, 2.45) is 5.92 Å². The molecule has 0 bridgehead atoms. The lowest BCUT2D eigenvalue weighted by Gasteiger charge is -2.34. The first kappa shape index (κ1) is 16.8. The standard InChI is InChI=1S/C16H24N2OS.ClH/c1-12(15-3-2-10-20-15)16(19)18-8-6-14(7-9-18)17-11-13-4-5-13;/h2-3,10,12-14,17H,4-9,11H2,1H3;1H. The Balaban J connectivity index is 0.00000161. The second-order valence-corrected chi connectivity index (χ2v) is 7.17. The molecule has 21 heavy (non-hydrogen) atoms. The number of halogens is 1.